The van der Waals surface area contributed by atoms with Gasteiger partial charge in [-0.3, -0.25) is 14.4 Å². The molecule has 1 aromatic carbocycles. The van der Waals surface area contributed by atoms with E-state index < -0.39 is 12.3 Å². The van der Waals surface area contributed by atoms with E-state index in [0.29, 0.717) is 38.1 Å². The molecule has 1 saturated carbocycles. The predicted molar refractivity (Wildman–Crippen MR) is 120 cm³/mol. The molecular weight excluding hydrogens is 408 g/mol. The van der Waals surface area contributed by atoms with Crippen LogP contribution in [0.3, 0.4) is 0 Å². The highest BCUT2D eigenvalue weighted by atomic mass is 16.5. The average Bonchev–Trinajstić information content (AvgIpc) is 3.34. The van der Waals surface area contributed by atoms with E-state index in [1.165, 1.54) is 0 Å². The Morgan fingerprint density at radius 2 is 1.66 bits per heavy atom. The largest absolute Gasteiger partial charge is 0.368 e. The molecule has 2 aliphatic heterocycles. The number of nitrogens with zero attached hydrogens (tertiary/aromatic N) is 2. The maximum absolute atomic E-state index is 13.5. The van der Waals surface area contributed by atoms with Crippen molar-refractivity contribution in [3.8, 4) is 0 Å². The fourth-order valence-electron chi connectivity index (χ4n) is 4.91. The van der Waals surface area contributed by atoms with Crippen LogP contribution in [-0.4, -0.2) is 71.6 Å². The summed E-state index contributed by atoms with van der Waals surface area (Å²) in [7, 11) is 0. The van der Waals surface area contributed by atoms with Gasteiger partial charge < -0.3 is 25.6 Å². The molecule has 2 atom stereocenters. The van der Waals surface area contributed by atoms with Gasteiger partial charge >= 0.3 is 0 Å². The number of ether oxygens (including phenoxy) is 1. The van der Waals surface area contributed by atoms with Gasteiger partial charge in [-0.15, -0.1) is 0 Å². The number of amides is 3. The monoisotopic (exact) mass is 442 g/mol. The Morgan fingerprint density at radius 1 is 0.969 bits per heavy atom. The van der Waals surface area contributed by atoms with Crippen LogP contribution in [0.15, 0.2) is 24.3 Å². The third-order valence-electron chi connectivity index (χ3n) is 6.79. The van der Waals surface area contributed by atoms with Crippen LogP contribution in [0, 0.1) is 6.92 Å². The summed E-state index contributed by atoms with van der Waals surface area (Å²) in [6, 6.07) is 7.50. The SMILES string of the molecule is Cc1ccc(C(=O)N2CCCN(C(=O)C3CCCO3)C2C(=O)NC2CCC(N)CC2)cc1. The van der Waals surface area contributed by atoms with E-state index in [9.17, 15) is 14.4 Å². The van der Waals surface area contributed by atoms with Gasteiger partial charge in [0.05, 0.1) is 0 Å². The first-order valence-corrected chi connectivity index (χ1v) is 11.8. The van der Waals surface area contributed by atoms with Gasteiger partial charge in [0, 0.05) is 37.3 Å². The fourth-order valence-corrected chi connectivity index (χ4v) is 4.91. The molecule has 1 aromatic rings. The van der Waals surface area contributed by atoms with E-state index in [-0.39, 0.29) is 29.8 Å². The average molecular weight is 443 g/mol. The molecular formula is C24H34N4O4. The minimum atomic E-state index is -0.968. The molecule has 0 bridgehead atoms. The van der Waals surface area contributed by atoms with Gasteiger partial charge in [0.25, 0.3) is 17.7 Å². The molecule has 2 unspecified atom stereocenters. The molecule has 4 rings (SSSR count). The van der Waals surface area contributed by atoms with Gasteiger partial charge in [0.15, 0.2) is 6.17 Å². The van der Waals surface area contributed by atoms with Crippen LogP contribution < -0.4 is 11.1 Å². The summed E-state index contributed by atoms with van der Waals surface area (Å²) < 4.78 is 5.61. The number of nitrogens with one attached hydrogen (secondary N) is 1. The molecule has 0 spiro atoms. The van der Waals surface area contributed by atoms with E-state index in [0.717, 1.165) is 37.7 Å². The molecule has 174 valence electrons. The van der Waals surface area contributed by atoms with Crippen molar-refractivity contribution in [2.45, 2.75) is 76.2 Å². The smallest absolute Gasteiger partial charge is 0.264 e. The van der Waals surface area contributed by atoms with Gasteiger partial charge in [-0.05, 0) is 64.0 Å². The van der Waals surface area contributed by atoms with Crippen LogP contribution in [-0.2, 0) is 14.3 Å². The second kappa shape index (κ2) is 10.0. The number of rotatable bonds is 4. The normalized spacial score (nSPS) is 28.4. The zero-order valence-electron chi connectivity index (χ0n) is 18.8. The number of hydrogen-bond acceptors (Lipinski definition) is 5. The molecule has 2 heterocycles. The second-order valence-corrected chi connectivity index (χ2v) is 9.25. The lowest BCUT2D eigenvalue weighted by Gasteiger charge is -2.44. The molecule has 8 heteroatoms. The van der Waals surface area contributed by atoms with Crippen molar-refractivity contribution < 1.29 is 19.1 Å². The summed E-state index contributed by atoms with van der Waals surface area (Å²) >= 11 is 0. The van der Waals surface area contributed by atoms with Gasteiger partial charge in [0.2, 0.25) is 0 Å². The van der Waals surface area contributed by atoms with Crippen molar-refractivity contribution >= 4 is 17.7 Å². The predicted octanol–water partition coefficient (Wildman–Crippen LogP) is 1.56. The third kappa shape index (κ3) is 4.96. The molecule has 3 aliphatic rings. The summed E-state index contributed by atoms with van der Waals surface area (Å²) in [5.41, 5.74) is 7.58. The highest BCUT2D eigenvalue weighted by Gasteiger charge is 2.43. The molecule has 3 amide bonds. The zero-order chi connectivity index (χ0) is 22.7. The molecule has 32 heavy (non-hydrogen) atoms. The maximum Gasteiger partial charge on any atom is 0.264 e. The van der Waals surface area contributed by atoms with Crippen LogP contribution in [0.4, 0.5) is 0 Å². The number of aryl methyl sites for hydroxylation is 1. The lowest BCUT2D eigenvalue weighted by molar-refractivity contribution is -0.156. The third-order valence-corrected chi connectivity index (χ3v) is 6.79. The Labute approximate surface area is 189 Å². The summed E-state index contributed by atoms with van der Waals surface area (Å²) in [4.78, 5) is 43.3. The molecule has 8 nitrogen and oxygen atoms in total. The first kappa shape index (κ1) is 22.7. The summed E-state index contributed by atoms with van der Waals surface area (Å²) in [6.45, 7) is 3.37. The van der Waals surface area contributed by atoms with Gasteiger partial charge in [-0.25, -0.2) is 0 Å². The van der Waals surface area contributed by atoms with Gasteiger partial charge in [0.1, 0.15) is 6.10 Å². The molecule has 3 N–H and O–H groups in total. The van der Waals surface area contributed by atoms with Crippen LogP contribution in [0.1, 0.15) is 60.9 Å². The Balaban J connectivity index is 1.57. The molecule has 2 saturated heterocycles. The first-order valence-electron chi connectivity index (χ1n) is 11.8. The van der Waals surface area contributed by atoms with E-state index in [2.05, 4.69) is 5.32 Å². The maximum atomic E-state index is 13.5. The van der Waals surface area contributed by atoms with E-state index in [1.54, 1.807) is 21.9 Å². The van der Waals surface area contributed by atoms with Crippen molar-refractivity contribution in [3.05, 3.63) is 35.4 Å². The minimum Gasteiger partial charge on any atom is -0.368 e. The first-order chi connectivity index (χ1) is 15.4. The Bertz CT molecular complexity index is 829. The lowest BCUT2D eigenvalue weighted by Crippen LogP contribution is -2.65. The Morgan fingerprint density at radius 3 is 2.31 bits per heavy atom. The van der Waals surface area contributed by atoms with Crippen molar-refractivity contribution in [2.75, 3.05) is 19.7 Å². The van der Waals surface area contributed by atoms with Crippen molar-refractivity contribution in [3.63, 3.8) is 0 Å². The molecule has 1 aliphatic carbocycles. The number of hydrogen-bond donors (Lipinski definition) is 2. The van der Waals surface area contributed by atoms with Crippen LogP contribution in [0.5, 0.6) is 0 Å². The number of benzene rings is 1. The molecule has 3 fully saturated rings. The lowest BCUT2D eigenvalue weighted by atomic mass is 9.91. The second-order valence-electron chi connectivity index (χ2n) is 9.25. The standard InChI is InChI=1S/C24H34N4O4/c1-16-5-7-17(8-6-16)23(30)27-13-3-14-28(24(31)20-4-2-15-32-20)22(27)21(29)26-19-11-9-18(25)10-12-19/h5-8,18-20,22H,2-4,9-15,25H2,1H3,(H,26,29). The van der Waals surface area contributed by atoms with Crippen LogP contribution in [0.25, 0.3) is 0 Å². The molecule has 0 radical (unpaired) electrons. The van der Waals surface area contributed by atoms with E-state index in [1.807, 2.05) is 19.1 Å². The van der Waals surface area contributed by atoms with Gasteiger partial charge in [-0.2, -0.15) is 0 Å². The quantitative estimate of drug-likeness (QED) is 0.736. The Kier molecular flexibility index (Phi) is 7.10. The minimum absolute atomic E-state index is 0.0141. The number of carbonyl (C=O) groups is 3. The van der Waals surface area contributed by atoms with E-state index >= 15 is 0 Å². The van der Waals surface area contributed by atoms with Crippen molar-refractivity contribution in [1.82, 2.24) is 15.1 Å². The number of nitrogens with two attached hydrogens (primary N) is 1. The summed E-state index contributed by atoms with van der Waals surface area (Å²) in [5.74, 6) is -0.729. The van der Waals surface area contributed by atoms with Crippen LogP contribution >= 0.6 is 0 Å². The summed E-state index contributed by atoms with van der Waals surface area (Å²) in [6.07, 6.45) is 3.94. The number of carbonyl (C=O) groups excluding carboxylic acids is 3. The van der Waals surface area contributed by atoms with E-state index in [4.69, 9.17) is 10.5 Å². The van der Waals surface area contributed by atoms with Gasteiger partial charge in [-0.1, -0.05) is 17.7 Å². The fraction of sp³-hybridized carbons (Fsp3) is 0.625. The highest BCUT2D eigenvalue weighted by molar-refractivity contribution is 5.99. The van der Waals surface area contributed by atoms with Crippen molar-refractivity contribution in [2.24, 2.45) is 5.73 Å². The van der Waals surface area contributed by atoms with Crippen LogP contribution in [0.2, 0.25) is 0 Å². The molecule has 0 aromatic heterocycles. The Hall–Kier alpha value is -2.45. The van der Waals surface area contributed by atoms with Crippen molar-refractivity contribution in [1.29, 1.82) is 0 Å². The topological polar surface area (TPSA) is 105 Å². The highest BCUT2D eigenvalue weighted by Crippen LogP contribution is 2.24. The summed E-state index contributed by atoms with van der Waals surface area (Å²) in [5, 5.41) is 3.11. The zero-order valence-corrected chi connectivity index (χ0v) is 18.8.